The number of phosphoric ester groups is 1. The zero-order chi connectivity index (χ0) is 52.7. The number of phosphoric acid groups is 1. The van der Waals surface area contributed by atoms with E-state index in [0.717, 1.165) is 122 Å². The maximum absolute atomic E-state index is 12.9. The van der Waals surface area contributed by atoms with Crippen LogP contribution in [-0.4, -0.2) is 66.5 Å². The molecule has 3 atom stereocenters. The number of esters is 3. The molecule has 11 nitrogen and oxygen atoms in total. The first-order valence-electron chi connectivity index (χ1n) is 28.5. The van der Waals surface area contributed by atoms with Gasteiger partial charge in [-0.2, -0.15) is 0 Å². The van der Waals surface area contributed by atoms with Crippen molar-refractivity contribution >= 4 is 25.7 Å². The highest BCUT2D eigenvalue weighted by molar-refractivity contribution is 7.47. The monoisotopic (exact) mass is 1030 g/mol. The summed E-state index contributed by atoms with van der Waals surface area (Å²) in [4.78, 5) is 48.4. The van der Waals surface area contributed by atoms with Crippen molar-refractivity contribution in [3.63, 3.8) is 0 Å². The molecule has 0 heterocycles. The summed E-state index contributed by atoms with van der Waals surface area (Å²) < 4.78 is 39.4. The molecule has 0 amide bonds. The lowest BCUT2D eigenvalue weighted by atomic mass is 10.1. The van der Waals surface area contributed by atoms with Gasteiger partial charge in [-0.1, -0.05) is 209 Å². The summed E-state index contributed by atoms with van der Waals surface area (Å²) in [6, 6.07) is 0. The number of aliphatic hydroxyl groups excluding tert-OH is 1. The Labute approximate surface area is 439 Å². The molecule has 0 radical (unpaired) electrons. The minimum atomic E-state index is -4.75. The zero-order valence-corrected chi connectivity index (χ0v) is 46.5. The Bertz CT molecular complexity index is 1530. The van der Waals surface area contributed by atoms with Crippen molar-refractivity contribution in [1.29, 1.82) is 0 Å². The Hall–Kier alpha value is -3.34. The number of allylic oxidation sites excluding steroid dienone is 14. The lowest BCUT2D eigenvalue weighted by Crippen LogP contribution is -2.30. The highest BCUT2D eigenvalue weighted by atomic mass is 31.2. The first kappa shape index (κ1) is 68.7. The normalized spacial score (nSPS) is 14.0. The van der Waals surface area contributed by atoms with E-state index >= 15 is 0 Å². The van der Waals surface area contributed by atoms with Crippen LogP contribution >= 0.6 is 7.82 Å². The van der Waals surface area contributed by atoms with Crippen LogP contribution in [0.4, 0.5) is 0 Å². The molecule has 0 saturated carbocycles. The van der Waals surface area contributed by atoms with Crippen LogP contribution in [0.1, 0.15) is 239 Å². The van der Waals surface area contributed by atoms with Crippen LogP contribution in [-0.2, 0) is 42.2 Å². The minimum absolute atomic E-state index is 0.134. The van der Waals surface area contributed by atoms with Crippen molar-refractivity contribution in [3.05, 3.63) is 85.1 Å². The SMILES string of the molecule is CC/C=C\C/C=C\C/C=C\C/C=C\CCCCCCC(=O)OC(COC(=O)CCCCCCCC/C=C\C/C=C\C/C=C\CCCCC)COP(=O)(O)OCC(CO)OC(=O)CCCCCCCCCCC. The number of aliphatic hydroxyl groups is 1. The van der Waals surface area contributed by atoms with Gasteiger partial charge >= 0.3 is 25.7 Å². The van der Waals surface area contributed by atoms with Gasteiger partial charge in [0.2, 0.25) is 0 Å². The van der Waals surface area contributed by atoms with E-state index in [0.29, 0.717) is 19.3 Å². The summed E-state index contributed by atoms with van der Waals surface area (Å²) in [6.07, 6.45) is 61.2. The molecule has 0 aliphatic rings. The van der Waals surface area contributed by atoms with Crippen LogP contribution in [0.25, 0.3) is 0 Å². The first-order valence-corrected chi connectivity index (χ1v) is 30.0. The summed E-state index contributed by atoms with van der Waals surface area (Å²) in [5, 5.41) is 9.77. The van der Waals surface area contributed by atoms with Gasteiger partial charge in [0.1, 0.15) is 12.7 Å². The Morgan fingerprint density at radius 3 is 1.14 bits per heavy atom. The van der Waals surface area contributed by atoms with Gasteiger partial charge in [-0.25, -0.2) is 4.57 Å². The van der Waals surface area contributed by atoms with Gasteiger partial charge in [-0.15, -0.1) is 0 Å². The molecule has 0 aromatic carbocycles. The standard InChI is InChI=1S/C60H103O11P/c1-4-7-10-13-16-19-21-23-25-27-28-30-31-33-35-38-40-43-46-49-58(62)67-53-57(71-60(64)51-48-45-42-39-36-34-32-29-26-24-22-20-17-14-11-8-5-2)55-69-72(65,66)68-54-56(52-61)70-59(63)50-47-44-41-37-18-15-12-9-6-3/h8,11,16-17,19-20,23-26,28,30,32,34,56-57,61H,4-7,9-10,12-15,18,21-22,27,29,31,33,35-55H2,1-3H3,(H,65,66)/b11-8-,19-16-,20-17-,25-23-,26-24-,30-28-,34-32-. The number of ether oxygens (including phenoxy) is 3. The van der Waals surface area contributed by atoms with Crippen molar-refractivity contribution in [3.8, 4) is 0 Å². The van der Waals surface area contributed by atoms with Crippen molar-refractivity contribution in [2.75, 3.05) is 26.4 Å². The molecular weight excluding hydrogens is 928 g/mol. The van der Waals surface area contributed by atoms with E-state index in [-0.39, 0.29) is 25.9 Å². The molecule has 0 spiro atoms. The molecule has 0 fully saturated rings. The van der Waals surface area contributed by atoms with E-state index < -0.39 is 57.8 Å². The van der Waals surface area contributed by atoms with Crippen LogP contribution in [0.15, 0.2) is 85.1 Å². The van der Waals surface area contributed by atoms with E-state index in [9.17, 15) is 28.9 Å². The zero-order valence-electron chi connectivity index (χ0n) is 45.6. The molecule has 0 aliphatic heterocycles. The summed E-state index contributed by atoms with van der Waals surface area (Å²) in [7, 11) is -4.75. The Kier molecular flexibility index (Phi) is 51.4. The third-order valence-electron chi connectivity index (χ3n) is 11.8. The fourth-order valence-corrected chi connectivity index (χ4v) is 8.25. The second-order valence-electron chi connectivity index (χ2n) is 18.7. The van der Waals surface area contributed by atoms with Gasteiger partial charge < -0.3 is 24.2 Å². The smallest absolute Gasteiger partial charge is 0.462 e. The van der Waals surface area contributed by atoms with E-state index in [4.69, 9.17) is 23.3 Å². The average Bonchev–Trinajstić information content (AvgIpc) is 3.37. The molecular formula is C60H103O11P. The summed E-state index contributed by atoms with van der Waals surface area (Å²) >= 11 is 0. The van der Waals surface area contributed by atoms with Crippen LogP contribution < -0.4 is 0 Å². The molecule has 72 heavy (non-hydrogen) atoms. The third kappa shape index (κ3) is 51.6. The molecule has 0 aromatic heterocycles. The van der Waals surface area contributed by atoms with E-state index in [1.165, 1.54) is 57.8 Å². The lowest BCUT2D eigenvalue weighted by Gasteiger charge is -2.21. The minimum Gasteiger partial charge on any atom is -0.462 e. The molecule has 2 N–H and O–H groups in total. The summed E-state index contributed by atoms with van der Waals surface area (Å²) in [5.41, 5.74) is 0. The Morgan fingerprint density at radius 2 is 0.722 bits per heavy atom. The van der Waals surface area contributed by atoms with Gasteiger partial charge in [0.25, 0.3) is 0 Å². The number of unbranched alkanes of at least 4 members (excludes halogenated alkanes) is 21. The second kappa shape index (κ2) is 53.9. The number of hydrogen-bond acceptors (Lipinski definition) is 10. The molecule has 0 aromatic rings. The van der Waals surface area contributed by atoms with Gasteiger partial charge in [0, 0.05) is 19.3 Å². The second-order valence-corrected chi connectivity index (χ2v) is 20.2. The fraction of sp³-hybridized carbons (Fsp3) is 0.717. The van der Waals surface area contributed by atoms with Crippen LogP contribution in [0.2, 0.25) is 0 Å². The van der Waals surface area contributed by atoms with Crippen LogP contribution in [0.5, 0.6) is 0 Å². The van der Waals surface area contributed by atoms with Crippen molar-refractivity contribution < 1.29 is 52.2 Å². The quantitative estimate of drug-likeness (QED) is 0.0197. The van der Waals surface area contributed by atoms with Crippen LogP contribution in [0, 0.1) is 0 Å². The van der Waals surface area contributed by atoms with E-state index in [2.05, 4.69) is 106 Å². The topological polar surface area (TPSA) is 155 Å². The average molecular weight is 1030 g/mol. The molecule has 0 aliphatic carbocycles. The molecule has 0 rings (SSSR count). The fourth-order valence-electron chi connectivity index (χ4n) is 7.47. The highest BCUT2D eigenvalue weighted by Gasteiger charge is 2.28. The number of hydrogen-bond donors (Lipinski definition) is 2. The molecule has 3 unspecified atom stereocenters. The molecule has 414 valence electrons. The predicted octanol–water partition coefficient (Wildman–Crippen LogP) is 16.7. The Balaban J connectivity index is 4.78. The molecule has 0 saturated heterocycles. The van der Waals surface area contributed by atoms with Crippen molar-refractivity contribution in [2.45, 2.75) is 251 Å². The number of rotatable bonds is 52. The molecule has 12 heteroatoms. The van der Waals surface area contributed by atoms with E-state index in [1.807, 2.05) is 0 Å². The Morgan fingerprint density at radius 1 is 0.403 bits per heavy atom. The highest BCUT2D eigenvalue weighted by Crippen LogP contribution is 2.43. The summed E-state index contributed by atoms with van der Waals surface area (Å²) in [5.74, 6) is -1.51. The number of carbonyl (C=O) groups excluding carboxylic acids is 3. The van der Waals surface area contributed by atoms with Gasteiger partial charge in [0.05, 0.1) is 19.8 Å². The molecule has 0 bridgehead atoms. The van der Waals surface area contributed by atoms with Crippen molar-refractivity contribution in [2.24, 2.45) is 0 Å². The first-order chi connectivity index (χ1) is 35.2. The number of carbonyl (C=O) groups is 3. The largest absolute Gasteiger partial charge is 0.472 e. The van der Waals surface area contributed by atoms with Crippen molar-refractivity contribution in [1.82, 2.24) is 0 Å². The third-order valence-corrected chi connectivity index (χ3v) is 12.8. The predicted molar refractivity (Wildman–Crippen MR) is 298 cm³/mol. The lowest BCUT2D eigenvalue weighted by molar-refractivity contribution is -0.161. The van der Waals surface area contributed by atoms with Crippen LogP contribution in [0.3, 0.4) is 0 Å². The summed E-state index contributed by atoms with van der Waals surface area (Å²) in [6.45, 7) is 4.43. The maximum atomic E-state index is 12.9. The van der Waals surface area contributed by atoms with E-state index in [1.54, 1.807) is 0 Å². The maximum Gasteiger partial charge on any atom is 0.472 e. The van der Waals surface area contributed by atoms with Gasteiger partial charge in [-0.3, -0.25) is 23.4 Å². The van der Waals surface area contributed by atoms with Gasteiger partial charge in [-0.05, 0) is 96.3 Å². The van der Waals surface area contributed by atoms with Gasteiger partial charge in [0.15, 0.2) is 6.10 Å².